The van der Waals surface area contributed by atoms with Crippen molar-refractivity contribution in [3.8, 4) is 0 Å². The lowest BCUT2D eigenvalue weighted by Gasteiger charge is -2.31. The number of nitrogens with zero attached hydrogens (tertiary/aromatic N) is 1. The van der Waals surface area contributed by atoms with E-state index in [1.165, 1.54) is 5.56 Å². The van der Waals surface area contributed by atoms with Gasteiger partial charge in [0.2, 0.25) is 11.8 Å². The molecule has 0 saturated carbocycles. The van der Waals surface area contributed by atoms with Crippen molar-refractivity contribution in [2.24, 2.45) is 5.92 Å². The first-order valence-corrected chi connectivity index (χ1v) is 9.86. The summed E-state index contributed by atoms with van der Waals surface area (Å²) in [6.45, 7) is 13.4. The Balaban J connectivity index is 1.76. The molecule has 0 radical (unpaired) electrons. The fraction of sp³-hybridized carbons (Fsp3) is 0.591. The molecule has 6 nitrogen and oxygen atoms in total. The summed E-state index contributed by atoms with van der Waals surface area (Å²) in [5.41, 5.74) is 1.54. The number of hydrogen-bond donors (Lipinski definition) is 2. The van der Waals surface area contributed by atoms with Crippen molar-refractivity contribution in [1.82, 2.24) is 15.5 Å². The van der Waals surface area contributed by atoms with E-state index in [9.17, 15) is 14.4 Å². The zero-order valence-electron chi connectivity index (χ0n) is 17.9. The molecule has 6 heteroatoms. The van der Waals surface area contributed by atoms with Gasteiger partial charge in [-0.05, 0) is 43.9 Å². The minimum Gasteiger partial charge on any atom is -0.354 e. The summed E-state index contributed by atoms with van der Waals surface area (Å²) < 4.78 is 0. The first-order valence-electron chi connectivity index (χ1n) is 9.86. The number of carbonyl (C=O) groups excluding carboxylic acids is 3. The van der Waals surface area contributed by atoms with Crippen molar-refractivity contribution in [3.63, 3.8) is 0 Å². The molecule has 2 N–H and O–H groups in total. The molecule has 0 bridgehead atoms. The van der Waals surface area contributed by atoms with Gasteiger partial charge in [-0.1, -0.05) is 32.9 Å². The molecule has 1 saturated heterocycles. The molecule has 1 aromatic rings. The highest BCUT2D eigenvalue weighted by Gasteiger charge is 2.39. The van der Waals surface area contributed by atoms with Crippen LogP contribution < -0.4 is 10.6 Å². The SMILES string of the molecule is CC(C)(C)c1ccc(C(=O)NCCNC(=O)C2CC(=O)N(C(C)(C)C)C2)cc1. The Bertz CT molecular complexity index is 727. The standard InChI is InChI=1S/C22H33N3O3/c1-21(2,3)17-9-7-15(8-10-17)19(27)23-11-12-24-20(28)16-13-18(26)25(14-16)22(4,5)6/h7-10,16H,11-14H2,1-6H3,(H,23,27)(H,24,28). The minimum atomic E-state index is -0.327. The quantitative estimate of drug-likeness (QED) is 0.762. The van der Waals surface area contributed by atoms with Gasteiger partial charge in [0.15, 0.2) is 0 Å². The van der Waals surface area contributed by atoms with Crippen LogP contribution in [0.4, 0.5) is 0 Å². The zero-order valence-corrected chi connectivity index (χ0v) is 17.9. The Morgan fingerprint density at radius 2 is 1.57 bits per heavy atom. The van der Waals surface area contributed by atoms with Gasteiger partial charge in [0.25, 0.3) is 5.91 Å². The summed E-state index contributed by atoms with van der Waals surface area (Å²) in [6, 6.07) is 7.57. The number of benzene rings is 1. The molecule has 1 aliphatic rings. The van der Waals surface area contributed by atoms with Crippen molar-refractivity contribution in [2.45, 2.75) is 58.9 Å². The molecule has 1 atom stereocenters. The van der Waals surface area contributed by atoms with E-state index in [1.54, 1.807) is 4.90 Å². The molecule has 3 amide bonds. The van der Waals surface area contributed by atoms with Gasteiger partial charge in [0, 0.05) is 37.2 Å². The van der Waals surface area contributed by atoms with E-state index in [0.717, 1.165) is 0 Å². The van der Waals surface area contributed by atoms with E-state index in [1.807, 2.05) is 45.0 Å². The van der Waals surface area contributed by atoms with Gasteiger partial charge in [0.1, 0.15) is 0 Å². The first kappa shape index (κ1) is 21.9. The van der Waals surface area contributed by atoms with Gasteiger partial charge in [-0.3, -0.25) is 14.4 Å². The van der Waals surface area contributed by atoms with Gasteiger partial charge in [0.05, 0.1) is 5.92 Å². The molecular formula is C22H33N3O3. The second kappa shape index (κ2) is 8.33. The average Bonchev–Trinajstić information content (AvgIpc) is 3.00. The number of rotatable bonds is 5. The highest BCUT2D eigenvalue weighted by molar-refractivity contribution is 5.94. The molecule has 1 fully saturated rings. The summed E-state index contributed by atoms with van der Waals surface area (Å²) in [7, 11) is 0. The highest BCUT2D eigenvalue weighted by atomic mass is 16.2. The van der Waals surface area contributed by atoms with Gasteiger partial charge in [-0.2, -0.15) is 0 Å². The van der Waals surface area contributed by atoms with Crippen LogP contribution in [0.2, 0.25) is 0 Å². The first-order chi connectivity index (χ1) is 12.9. The van der Waals surface area contributed by atoms with Crippen LogP contribution in [-0.2, 0) is 15.0 Å². The lowest BCUT2D eigenvalue weighted by molar-refractivity contribution is -0.132. The highest BCUT2D eigenvalue weighted by Crippen LogP contribution is 2.25. The molecule has 0 aromatic heterocycles. The second-order valence-corrected chi connectivity index (χ2v) is 9.45. The summed E-state index contributed by atoms with van der Waals surface area (Å²) in [6.07, 6.45) is 0.246. The second-order valence-electron chi connectivity index (χ2n) is 9.45. The fourth-order valence-electron chi connectivity index (χ4n) is 3.26. The van der Waals surface area contributed by atoms with E-state index >= 15 is 0 Å². The van der Waals surface area contributed by atoms with Crippen molar-refractivity contribution < 1.29 is 14.4 Å². The van der Waals surface area contributed by atoms with Crippen LogP contribution in [-0.4, -0.2) is 47.8 Å². The zero-order chi connectivity index (χ0) is 21.1. The van der Waals surface area contributed by atoms with Crippen LogP contribution in [0.1, 0.15) is 63.9 Å². The third-order valence-corrected chi connectivity index (χ3v) is 5.03. The summed E-state index contributed by atoms with van der Waals surface area (Å²) in [5.74, 6) is -0.611. The van der Waals surface area contributed by atoms with Gasteiger partial charge in [-0.25, -0.2) is 0 Å². The molecule has 28 heavy (non-hydrogen) atoms. The van der Waals surface area contributed by atoms with Crippen LogP contribution in [0.3, 0.4) is 0 Å². The van der Waals surface area contributed by atoms with Crippen molar-refractivity contribution in [2.75, 3.05) is 19.6 Å². The molecule has 1 unspecified atom stereocenters. The van der Waals surface area contributed by atoms with E-state index in [0.29, 0.717) is 25.2 Å². The topological polar surface area (TPSA) is 78.5 Å². The van der Waals surface area contributed by atoms with Gasteiger partial charge >= 0.3 is 0 Å². The maximum absolute atomic E-state index is 12.3. The van der Waals surface area contributed by atoms with Gasteiger partial charge < -0.3 is 15.5 Å². The lowest BCUT2D eigenvalue weighted by Crippen LogP contribution is -2.43. The van der Waals surface area contributed by atoms with Crippen molar-refractivity contribution >= 4 is 17.7 Å². The largest absolute Gasteiger partial charge is 0.354 e. The molecule has 2 rings (SSSR count). The smallest absolute Gasteiger partial charge is 0.251 e. The van der Waals surface area contributed by atoms with E-state index in [2.05, 4.69) is 31.4 Å². The third kappa shape index (κ3) is 5.57. The predicted octanol–water partition coefficient (Wildman–Crippen LogP) is 2.48. The maximum atomic E-state index is 12.3. The van der Waals surface area contributed by atoms with Crippen molar-refractivity contribution in [3.05, 3.63) is 35.4 Å². The average molecular weight is 388 g/mol. The van der Waals surface area contributed by atoms with Crippen LogP contribution in [0.25, 0.3) is 0 Å². The third-order valence-electron chi connectivity index (χ3n) is 5.03. The number of hydrogen-bond acceptors (Lipinski definition) is 3. The Hall–Kier alpha value is -2.37. The Morgan fingerprint density at radius 3 is 2.07 bits per heavy atom. The summed E-state index contributed by atoms with van der Waals surface area (Å²) in [4.78, 5) is 38.4. The minimum absolute atomic E-state index is 0.0136. The van der Waals surface area contributed by atoms with E-state index < -0.39 is 0 Å². The molecule has 1 aromatic carbocycles. The monoisotopic (exact) mass is 387 g/mol. The van der Waals surface area contributed by atoms with Crippen LogP contribution >= 0.6 is 0 Å². The van der Waals surface area contributed by atoms with Gasteiger partial charge in [-0.15, -0.1) is 0 Å². The Morgan fingerprint density at radius 1 is 1.00 bits per heavy atom. The normalized spacial score (nSPS) is 17.6. The van der Waals surface area contributed by atoms with Crippen LogP contribution in [0, 0.1) is 5.92 Å². The molecule has 1 aliphatic heterocycles. The van der Waals surface area contributed by atoms with E-state index in [4.69, 9.17) is 0 Å². The maximum Gasteiger partial charge on any atom is 0.251 e. The molecule has 1 heterocycles. The Labute approximate surface area is 168 Å². The van der Waals surface area contributed by atoms with Crippen LogP contribution in [0.15, 0.2) is 24.3 Å². The predicted molar refractivity (Wildman–Crippen MR) is 110 cm³/mol. The van der Waals surface area contributed by atoms with E-state index in [-0.39, 0.29) is 41.0 Å². The van der Waals surface area contributed by atoms with Crippen molar-refractivity contribution in [1.29, 1.82) is 0 Å². The molecule has 154 valence electrons. The number of carbonyl (C=O) groups is 3. The number of likely N-dealkylation sites (tertiary alicyclic amines) is 1. The van der Waals surface area contributed by atoms with Crippen LogP contribution in [0.5, 0.6) is 0 Å². The molecule has 0 spiro atoms. The fourth-order valence-corrected chi connectivity index (χ4v) is 3.26. The number of nitrogens with one attached hydrogen (secondary N) is 2. The Kier molecular flexibility index (Phi) is 6.52. The molecular weight excluding hydrogens is 354 g/mol. The molecule has 0 aliphatic carbocycles. The number of amides is 3. The summed E-state index contributed by atoms with van der Waals surface area (Å²) >= 11 is 0. The summed E-state index contributed by atoms with van der Waals surface area (Å²) in [5, 5.41) is 5.63. The lowest BCUT2D eigenvalue weighted by atomic mass is 9.87.